The highest BCUT2D eigenvalue weighted by Crippen LogP contribution is 2.20. The summed E-state index contributed by atoms with van der Waals surface area (Å²) in [5.41, 5.74) is 2.54. The number of hydrogen-bond donors (Lipinski definition) is 0. The van der Waals surface area contributed by atoms with Crippen molar-refractivity contribution in [3.63, 3.8) is 0 Å². The minimum atomic E-state index is -0.0513. The lowest BCUT2D eigenvalue weighted by atomic mass is 10.0. The molecule has 136 valence electrons. The summed E-state index contributed by atoms with van der Waals surface area (Å²) in [5, 5.41) is 2.72. The highest BCUT2D eigenvalue weighted by atomic mass is 35.5. The number of benzene rings is 2. The van der Waals surface area contributed by atoms with Gasteiger partial charge in [-0.15, -0.1) is 0 Å². The predicted molar refractivity (Wildman–Crippen MR) is 111 cm³/mol. The van der Waals surface area contributed by atoms with Gasteiger partial charge in [0.15, 0.2) is 0 Å². The van der Waals surface area contributed by atoms with Crippen molar-refractivity contribution in [2.24, 2.45) is 0 Å². The van der Waals surface area contributed by atoms with Gasteiger partial charge in [-0.25, -0.2) is 0 Å². The van der Waals surface area contributed by atoms with Crippen LogP contribution >= 0.6 is 11.6 Å². The predicted octanol–water partition coefficient (Wildman–Crippen LogP) is 4.15. The van der Waals surface area contributed by atoms with Gasteiger partial charge < -0.3 is 4.90 Å². The first-order valence-electron chi connectivity index (χ1n) is 8.85. The van der Waals surface area contributed by atoms with E-state index >= 15 is 0 Å². The molecular weight excluding hydrogens is 342 g/mol. The van der Waals surface area contributed by atoms with Crippen LogP contribution in [0.4, 0.5) is 0 Å². The van der Waals surface area contributed by atoms with Crippen LogP contribution in [0.25, 0.3) is 11.6 Å². The summed E-state index contributed by atoms with van der Waals surface area (Å²) in [6.07, 6.45) is 2.77. The number of amides is 1. The van der Waals surface area contributed by atoms with E-state index in [1.165, 1.54) is 0 Å². The Labute approximate surface area is 161 Å². The van der Waals surface area contributed by atoms with Gasteiger partial charge in [0.05, 0.1) is 0 Å². The number of rotatable bonds is 5. The molecule has 0 saturated carbocycles. The molecule has 0 spiro atoms. The molecule has 0 N–H and O–H groups in total. The van der Waals surface area contributed by atoms with Gasteiger partial charge in [0, 0.05) is 23.7 Å². The van der Waals surface area contributed by atoms with Gasteiger partial charge in [0.1, 0.15) is 0 Å². The molecule has 0 heterocycles. The smallest absolute Gasteiger partial charge is 0.253 e. The monoisotopic (exact) mass is 367 g/mol. The first-order chi connectivity index (χ1) is 12.4. The van der Waals surface area contributed by atoms with Gasteiger partial charge in [-0.3, -0.25) is 4.79 Å². The molecule has 26 heavy (non-hydrogen) atoms. The summed E-state index contributed by atoms with van der Waals surface area (Å²) >= 11 is 6.36. The standard InChI is InChI=1S/C23H26ClNO/c1-6-17(3)25(5)23(26)16(2)15-19-11-7-8-12-20(19)18(4)21-13-9-10-14-22(21)24/h7-15,17H,2,6H2,1,3-5H3/b19-15-,20-18+. The lowest BCUT2D eigenvalue weighted by Crippen LogP contribution is -2.36. The summed E-state index contributed by atoms with van der Waals surface area (Å²) in [4.78, 5) is 14.4. The Bertz CT molecular complexity index is 929. The fourth-order valence-electron chi connectivity index (χ4n) is 2.82. The Balaban J connectivity index is 2.55. The third-order valence-electron chi connectivity index (χ3n) is 4.82. The molecular formula is C23H26ClNO. The van der Waals surface area contributed by atoms with Gasteiger partial charge in [-0.1, -0.05) is 67.6 Å². The van der Waals surface area contributed by atoms with E-state index in [-0.39, 0.29) is 11.9 Å². The van der Waals surface area contributed by atoms with Crippen molar-refractivity contribution in [2.45, 2.75) is 33.2 Å². The van der Waals surface area contributed by atoms with E-state index in [1.807, 2.05) is 75.5 Å². The second kappa shape index (κ2) is 8.86. The zero-order chi connectivity index (χ0) is 19.3. The van der Waals surface area contributed by atoms with Crippen LogP contribution in [0, 0.1) is 0 Å². The van der Waals surface area contributed by atoms with Crippen LogP contribution in [0.5, 0.6) is 0 Å². The maximum absolute atomic E-state index is 12.6. The molecule has 0 saturated heterocycles. The van der Waals surface area contributed by atoms with Crippen molar-refractivity contribution < 1.29 is 4.79 Å². The molecule has 0 radical (unpaired) electrons. The molecule has 2 aromatic carbocycles. The lowest BCUT2D eigenvalue weighted by molar-refractivity contribution is -0.127. The normalized spacial score (nSPS) is 14.0. The summed E-state index contributed by atoms with van der Waals surface area (Å²) in [6.45, 7) is 10.1. The quantitative estimate of drug-likeness (QED) is 0.727. The molecule has 0 aliphatic carbocycles. The van der Waals surface area contributed by atoms with Gasteiger partial charge in [0.2, 0.25) is 0 Å². The van der Waals surface area contributed by atoms with Crippen molar-refractivity contribution >= 4 is 29.2 Å². The van der Waals surface area contributed by atoms with E-state index in [0.29, 0.717) is 10.6 Å². The first kappa shape index (κ1) is 20.0. The van der Waals surface area contributed by atoms with Crippen LogP contribution in [0.1, 0.15) is 32.8 Å². The second-order valence-corrected chi connectivity index (χ2v) is 6.94. The van der Waals surface area contributed by atoms with E-state index in [2.05, 4.69) is 13.5 Å². The number of likely N-dealkylation sites (N-methyl/N-ethyl adjacent to an activating group) is 1. The van der Waals surface area contributed by atoms with Gasteiger partial charge in [0.25, 0.3) is 5.91 Å². The Morgan fingerprint density at radius 3 is 2.46 bits per heavy atom. The van der Waals surface area contributed by atoms with Crippen LogP contribution in [-0.2, 0) is 4.79 Å². The van der Waals surface area contributed by atoms with Crippen molar-refractivity contribution in [1.29, 1.82) is 0 Å². The maximum atomic E-state index is 12.6. The minimum Gasteiger partial charge on any atom is -0.339 e. The maximum Gasteiger partial charge on any atom is 0.253 e. The lowest BCUT2D eigenvalue weighted by Gasteiger charge is -2.23. The molecule has 0 fully saturated rings. The molecule has 1 amide bonds. The number of carbonyl (C=O) groups is 1. The molecule has 2 nitrogen and oxygen atoms in total. The van der Waals surface area contributed by atoms with Crippen molar-refractivity contribution in [1.82, 2.24) is 4.90 Å². The second-order valence-electron chi connectivity index (χ2n) is 6.54. The fraction of sp³-hybridized carbons (Fsp3) is 0.261. The summed E-state index contributed by atoms with van der Waals surface area (Å²) in [7, 11) is 1.82. The van der Waals surface area contributed by atoms with E-state index < -0.39 is 0 Å². The van der Waals surface area contributed by atoms with Crippen LogP contribution in [-0.4, -0.2) is 23.9 Å². The van der Waals surface area contributed by atoms with E-state index in [1.54, 1.807) is 4.90 Å². The molecule has 0 aromatic heterocycles. The zero-order valence-corrected chi connectivity index (χ0v) is 16.7. The molecule has 3 heteroatoms. The minimum absolute atomic E-state index is 0.0513. The Hall–Kier alpha value is -2.32. The van der Waals surface area contributed by atoms with Crippen LogP contribution < -0.4 is 10.4 Å². The van der Waals surface area contributed by atoms with E-state index in [0.717, 1.165) is 28.0 Å². The summed E-state index contributed by atoms with van der Waals surface area (Å²) < 4.78 is 0. The number of carbonyl (C=O) groups excluding carboxylic acids is 1. The summed E-state index contributed by atoms with van der Waals surface area (Å²) in [6, 6.07) is 16.0. The first-order valence-corrected chi connectivity index (χ1v) is 9.23. The number of nitrogens with zero attached hydrogens (tertiary/aromatic N) is 1. The van der Waals surface area contributed by atoms with Gasteiger partial charge in [-0.2, -0.15) is 0 Å². The Morgan fingerprint density at radius 1 is 1.19 bits per heavy atom. The average Bonchev–Trinajstić information content (AvgIpc) is 2.66. The molecule has 0 aliphatic heterocycles. The van der Waals surface area contributed by atoms with E-state index in [4.69, 9.17) is 11.6 Å². The molecule has 2 rings (SSSR count). The van der Waals surface area contributed by atoms with Crippen molar-refractivity contribution in [3.05, 3.63) is 81.7 Å². The third-order valence-corrected chi connectivity index (χ3v) is 5.15. The molecule has 0 bridgehead atoms. The van der Waals surface area contributed by atoms with Gasteiger partial charge >= 0.3 is 0 Å². The highest BCUT2D eigenvalue weighted by Gasteiger charge is 2.15. The highest BCUT2D eigenvalue weighted by molar-refractivity contribution is 6.32. The molecule has 2 aromatic rings. The van der Waals surface area contributed by atoms with Crippen molar-refractivity contribution in [2.75, 3.05) is 7.05 Å². The largest absolute Gasteiger partial charge is 0.339 e. The molecule has 1 unspecified atom stereocenters. The fourth-order valence-corrected chi connectivity index (χ4v) is 3.10. The Morgan fingerprint density at radius 2 is 1.81 bits per heavy atom. The van der Waals surface area contributed by atoms with E-state index in [9.17, 15) is 4.79 Å². The third kappa shape index (κ3) is 4.44. The molecule has 1 atom stereocenters. The summed E-state index contributed by atoms with van der Waals surface area (Å²) in [5.74, 6) is -0.0513. The Kier molecular flexibility index (Phi) is 6.82. The van der Waals surface area contributed by atoms with Crippen LogP contribution in [0.3, 0.4) is 0 Å². The SMILES string of the molecule is C=C(/C=c1/cccc/c1=C(/C)c1ccccc1Cl)C(=O)N(C)C(C)CC. The topological polar surface area (TPSA) is 20.3 Å². The van der Waals surface area contributed by atoms with Crippen LogP contribution in [0.15, 0.2) is 60.7 Å². The number of halogens is 1. The van der Waals surface area contributed by atoms with Crippen LogP contribution in [0.2, 0.25) is 5.02 Å². The van der Waals surface area contributed by atoms with Crippen molar-refractivity contribution in [3.8, 4) is 0 Å². The average molecular weight is 368 g/mol. The zero-order valence-electron chi connectivity index (χ0n) is 15.9. The molecule has 0 aliphatic rings. The van der Waals surface area contributed by atoms with Gasteiger partial charge in [-0.05, 0) is 54.0 Å². The number of hydrogen-bond acceptors (Lipinski definition) is 1.